The van der Waals surface area contributed by atoms with Gasteiger partial charge in [0.15, 0.2) is 0 Å². The highest BCUT2D eigenvalue weighted by Gasteiger charge is 2.32. The zero-order chi connectivity index (χ0) is 13.7. The van der Waals surface area contributed by atoms with Crippen molar-refractivity contribution >= 4 is 5.69 Å². The van der Waals surface area contributed by atoms with Gasteiger partial charge in [0, 0.05) is 23.7 Å². The highest BCUT2D eigenvalue weighted by atomic mass is 16.6. The lowest BCUT2D eigenvalue weighted by atomic mass is 9.98. The number of benzene rings is 1. The van der Waals surface area contributed by atoms with Gasteiger partial charge in [-0.15, -0.1) is 0 Å². The van der Waals surface area contributed by atoms with Crippen molar-refractivity contribution in [2.75, 3.05) is 13.2 Å². The van der Waals surface area contributed by atoms with E-state index >= 15 is 0 Å². The number of rotatable bonds is 6. The van der Waals surface area contributed by atoms with Gasteiger partial charge < -0.3 is 10.4 Å². The van der Waals surface area contributed by atoms with Crippen molar-refractivity contribution in [3.05, 3.63) is 39.9 Å². The molecule has 0 atom stereocenters. The summed E-state index contributed by atoms with van der Waals surface area (Å²) < 4.78 is 0. The molecule has 5 heteroatoms. The van der Waals surface area contributed by atoms with Gasteiger partial charge in [-0.2, -0.15) is 0 Å². The third-order valence-electron chi connectivity index (χ3n) is 3.95. The summed E-state index contributed by atoms with van der Waals surface area (Å²) in [5, 5.41) is 23.8. The van der Waals surface area contributed by atoms with Gasteiger partial charge in [0.1, 0.15) is 0 Å². The van der Waals surface area contributed by atoms with Crippen molar-refractivity contribution in [2.45, 2.75) is 37.6 Å². The average Bonchev–Trinajstić information content (AvgIpc) is 2.88. The number of aliphatic hydroxyl groups is 1. The van der Waals surface area contributed by atoms with Crippen LogP contribution in [0, 0.1) is 10.1 Å². The van der Waals surface area contributed by atoms with E-state index in [-0.39, 0.29) is 22.8 Å². The van der Waals surface area contributed by atoms with Crippen LogP contribution in [0.25, 0.3) is 0 Å². The van der Waals surface area contributed by atoms with E-state index in [9.17, 15) is 15.2 Å². The fourth-order valence-electron chi connectivity index (χ4n) is 2.81. The van der Waals surface area contributed by atoms with Gasteiger partial charge >= 0.3 is 0 Å². The summed E-state index contributed by atoms with van der Waals surface area (Å²) in [7, 11) is 0. The molecule has 5 nitrogen and oxygen atoms in total. The maximum atomic E-state index is 10.9. The standard InChI is InChI=1S/C14H20N2O3/c17-11-14(8-3-4-9-14)15-10-7-12-5-1-2-6-13(12)16(18)19/h1-2,5-6,15,17H,3-4,7-11H2. The molecule has 2 N–H and O–H groups in total. The summed E-state index contributed by atoms with van der Waals surface area (Å²) in [5.74, 6) is 0. The topological polar surface area (TPSA) is 75.4 Å². The van der Waals surface area contributed by atoms with Crippen molar-refractivity contribution in [3.8, 4) is 0 Å². The van der Waals surface area contributed by atoms with E-state index in [1.807, 2.05) is 6.07 Å². The van der Waals surface area contributed by atoms with Gasteiger partial charge in [-0.25, -0.2) is 0 Å². The SMILES string of the molecule is O=[N+]([O-])c1ccccc1CCNC1(CO)CCCC1. The fraction of sp³-hybridized carbons (Fsp3) is 0.571. The number of hydrogen-bond acceptors (Lipinski definition) is 4. The lowest BCUT2D eigenvalue weighted by molar-refractivity contribution is -0.385. The number of nitro groups is 1. The summed E-state index contributed by atoms with van der Waals surface area (Å²) in [6.45, 7) is 0.801. The molecule has 1 aliphatic carbocycles. The van der Waals surface area contributed by atoms with Gasteiger partial charge in [0.25, 0.3) is 5.69 Å². The van der Waals surface area contributed by atoms with Gasteiger partial charge in [-0.05, 0) is 19.3 Å². The first kappa shape index (κ1) is 14.0. The van der Waals surface area contributed by atoms with Crippen LogP contribution in [0.3, 0.4) is 0 Å². The van der Waals surface area contributed by atoms with Crippen molar-refractivity contribution < 1.29 is 10.0 Å². The number of para-hydroxylation sites is 1. The Bertz CT molecular complexity index is 442. The van der Waals surface area contributed by atoms with Crippen LogP contribution in [0.5, 0.6) is 0 Å². The number of aliphatic hydroxyl groups excluding tert-OH is 1. The van der Waals surface area contributed by atoms with Gasteiger partial charge in [-0.3, -0.25) is 10.1 Å². The molecular formula is C14H20N2O3. The molecule has 0 radical (unpaired) electrons. The molecule has 0 spiro atoms. The van der Waals surface area contributed by atoms with Gasteiger partial charge in [-0.1, -0.05) is 31.0 Å². The van der Waals surface area contributed by atoms with Crippen LogP contribution in [-0.4, -0.2) is 28.7 Å². The van der Waals surface area contributed by atoms with E-state index < -0.39 is 0 Å². The molecule has 0 amide bonds. The van der Waals surface area contributed by atoms with E-state index in [0.717, 1.165) is 31.2 Å². The summed E-state index contributed by atoms with van der Waals surface area (Å²) in [5.41, 5.74) is 0.753. The predicted octanol–water partition coefficient (Wildman–Crippen LogP) is 2.03. The Kier molecular flexibility index (Phi) is 4.50. The van der Waals surface area contributed by atoms with Crippen LogP contribution in [0.2, 0.25) is 0 Å². The second-order valence-electron chi connectivity index (χ2n) is 5.21. The van der Waals surface area contributed by atoms with Gasteiger partial charge in [0.2, 0.25) is 0 Å². The summed E-state index contributed by atoms with van der Waals surface area (Å²) in [6.07, 6.45) is 4.86. The zero-order valence-corrected chi connectivity index (χ0v) is 11.0. The van der Waals surface area contributed by atoms with E-state index in [0.29, 0.717) is 13.0 Å². The Labute approximate surface area is 112 Å². The molecule has 0 unspecified atom stereocenters. The van der Waals surface area contributed by atoms with Crippen LogP contribution in [0.15, 0.2) is 24.3 Å². The normalized spacial score (nSPS) is 17.5. The lowest BCUT2D eigenvalue weighted by Crippen LogP contribution is -2.46. The molecule has 1 aliphatic rings. The average molecular weight is 264 g/mol. The summed E-state index contributed by atoms with van der Waals surface area (Å²) >= 11 is 0. The molecule has 2 rings (SSSR count). The maximum absolute atomic E-state index is 10.9. The molecule has 0 aliphatic heterocycles. The Hall–Kier alpha value is -1.46. The molecule has 1 saturated carbocycles. The second-order valence-corrected chi connectivity index (χ2v) is 5.21. The van der Waals surface area contributed by atoms with Crippen molar-refractivity contribution in [2.24, 2.45) is 0 Å². The second kappa shape index (κ2) is 6.12. The molecule has 1 aromatic rings. The summed E-state index contributed by atoms with van der Waals surface area (Å²) in [6, 6.07) is 6.83. The minimum atomic E-state index is -0.341. The van der Waals surface area contributed by atoms with Crippen LogP contribution < -0.4 is 5.32 Å². The van der Waals surface area contributed by atoms with E-state index in [1.54, 1.807) is 12.1 Å². The van der Waals surface area contributed by atoms with Crippen LogP contribution >= 0.6 is 0 Å². The molecular weight excluding hydrogens is 244 g/mol. The molecule has 1 fully saturated rings. The number of nitrogens with zero attached hydrogens (tertiary/aromatic N) is 1. The quantitative estimate of drug-likeness (QED) is 0.609. The van der Waals surface area contributed by atoms with Gasteiger partial charge in [0.05, 0.1) is 11.5 Å². The Morgan fingerprint density at radius 2 is 2.00 bits per heavy atom. The molecule has 1 aromatic carbocycles. The maximum Gasteiger partial charge on any atom is 0.272 e. The summed E-state index contributed by atoms with van der Waals surface area (Å²) in [4.78, 5) is 10.6. The van der Waals surface area contributed by atoms with Crippen molar-refractivity contribution in [3.63, 3.8) is 0 Å². The highest BCUT2D eigenvalue weighted by molar-refractivity contribution is 5.39. The van der Waals surface area contributed by atoms with E-state index in [2.05, 4.69) is 5.32 Å². The molecule has 104 valence electrons. The van der Waals surface area contributed by atoms with E-state index in [1.165, 1.54) is 6.07 Å². The molecule has 0 heterocycles. The first-order valence-electron chi connectivity index (χ1n) is 6.75. The largest absolute Gasteiger partial charge is 0.394 e. The van der Waals surface area contributed by atoms with Crippen LogP contribution in [-0.2, 0) is 6.42 Å². The van der Waals surface area contributed by atoms with Crippen molar-refractivity contribution in [1.29, 1.82) is 0 Å². The van der Waals surface area contributed by atoms with Crippen LogP contribution in [0.1, 0.15) is 31.2 Å². The lowest BCUT2D eigenvalue weighted by Gasteiger charge is -2.28. The first-order chi connectivity index (χ1) is 9.17. The highest BCUT2D eigenvalue weighted by Crippen LogP contribution is 2.29. The van der Waals surface area contributed by atoms with Crippen LogP contribution in [0.4, 0.5) is 5.69 Å². The first-order valence-corrected chi connectivity index (χ1v) is 6.75. The van der Waals surface area contributed by atoms with E-state index in [4.69, 9.17) is 0 Å². The number of hydrogen-bond donors (Lipinski definition) is 2. The number of nitrogens with one attached hydrogen (secondary N) is 1. The Morgan fingerprint density at radius 3 is 2.63 bits per heavy atom. The third kappa shape index (κ3) is 3.30. The Morgan fingerprint density at radius 1 is 1.32 bits per heavy atom. The van der Waals surface area contributed by atoms with Crippen molar-refractivity contribution in [1.82, 2.24) is 5.32 Å². The molecule has 19 heavy (non-hydrogen) atoms. The smallest absolute Gasteiger partial charge is 0.272 e. The fourth-order valence-corrected chi connectivity index (χ4v) is 2.81. The minimum absolute atomic E-state index is 0.143. The zero-order valence-electron chi connectivity index (χ0n) is 11.0. The minimum Gasteiger partial charge on any atom is -0.394 e. The monoisotopic (exact) mass is 264 g/mol. The Balaban J connectivity index is 1.94. The molecule has 0 saturated heterocycles. The third-order valence-corrected chi connectivity index (χ3v) is 3.95. The number of nitro benzene ring substituents is 1. The molecule has 0 bridgehead atoms. The predicted molar refractivity (Wildman–Crippen MR) is 73.1 cm³/mol. The molecule has 0 aromatic heterocycles.